The van der Waals surface area contributed by atoms with E-state index in [0.717, 1.165) is 31.4 Å². The van der Waals surface area contributed by atoms with Crippen LogP contribution in [0.2, 0.25) is 0 Å². The van der Waals surface area contributed by atoms with Crippen molar-refractivity contribution in [3.05, 3.63) is 17.0 Å². The Bertz CT molecular complexity index is 493. The second kappa shape index (κ2) is 6.14. The third-order valence-electron chi connectivity index (χ3n) is 4.02. The van der Waals surface area contributed by atoms with Crippen molar-refractivity contribution >= 4 is 17.5 Å². The van der Waals surface area contributed by atoms with Crippen LogP contribution in [-0.4, -0.2) is 38.8 Å². The first kappa shape index (κ1) is 15.3. The van der Waals surface area contributed by atoms with Crippen molar-refractivity contribution in [2.24, 2.45) is 0 Å². The van der Waals surface area contributed by atoms with E-state index in [-0.39, 0.29) is 5.91 Å². The number of nitrogens with one attached hydrogen (secondary N) is 1. The van der Waals surface area contributed by atoms with Crippen LogP contribution in [0.1, 0.15) is 47.4 Å². The minimum Gasteiger partial charge on any atom is -0.388 e. The highest BCUT2D eigenvalue weighted by atomic mass is 35.5. The molecule has 112 valence electrons. The molecule has 0 atom stereocenters. The molecular formula is C14H22ClN3O2. The molecule has 2 rings (SSSR count). The largest absolute Gasteiger partial charge is 0.388 e. The molecule has 1 aromatic heterocycles. The van der Waals surface area contributed by atoms with Crippen molar-refractivity contribution < 1.29 is 9.90 Å². The molecule has 1 aliphatic carbocycles. The highest BCUT2D eigenvalue weighted by molar-refractivity contribution is 6.17. The summed E-state index contributed by atoms with van der Waals surface area (Å²) in [5, 5.41) is 17.4. The summed E-state index contributed by atoms with van der Waals surface area (Å²) in [5.41, 5.74) is 1.38. The van der Waals surface area contributed by atoms with E-state index < -0.39 is 5.60 Å². The summed E-state index contributed by atoms with van der Waals surface area (Å²) in [6, 6.07) is 0. The number of hydrogen-bond donors (Lipinski definition) is 2. The topological polar surface area (TPSA) is 67.2 Å². The van der Waals surface area contributed by atoms with E-state index in [1.54, 1.807) is 4.68 Å². The molecule has 5 nitrogen and oxygen atoms in total. The lowest BCUT2D eigenvalue weighted by Gasteiger charge is -2.22. The van der Waals surface area contributed by atoms with Gasteiger partial charge in [0.05, 0.1) is 23.4 Å². The maximum absolute atomic E-state index is 12.3. The SMILES string of the molecule is Cc1nn(CCCl)c(C)c1C(=O)NCC1(O)CCCC1. The van der Waals surface area contributed by atoms with Gasteiger partial charge < -0.3 is 10.4 Å². The van der Waals surface area contributed by atoms with Crippen LogP contribution < -0.4 is 5.32 Å². The van der Waals surface area contributed by atoms with E-state index >= 15 is 0 Å². The first-order valence-electron chi connectivity index (χ1n) is 7.07. The molecule has 1 aliphatic rings. The van der Waals surface area contributed by atoms with Gasteiger partial charge in [-0.2, -0.15) is 5.10 Å². The number of halogens is 1. The van der Waals surface area contributed by atoms with Crippen molar-refractivity contribution in [1.82, 2.24) is 15.1 Å². The molecule has 0 aliphatic heterocycles. The van der Waals surface area contributed by atoms with E-state index in [0.29, 0.717) is 30.2 Å². The van der Waals surface area contributed by atoms with Crippen molar-refractivity contribution in [2.75, 3.05) is 12.4 Å². The van der Waals surface area contributed by atoms with E-state index in [1.807, 2.05) is 13.8 Å². The Balaban J connectivity index is 2.05. The van der Waals surface area contributed by atoms with Crippen molar-refractivity contribution in [3.63, 3.8) is 0 Å². The minimum absolute atomic E-state index is 0.166. The van der Waals surface area contributed by atoms with Gasteiger partial charge in [0.25, 0.3) is 5.91 Å². The molecule has 1 aromatic rings. The maximum atomic E-state index is 12.3. The van der Waals surface area contributed by atoms with E-state index in [9.17, 15) is 9.90 Å². The third-order valence-corrected chi connectivity index (χ3v) is 4.19. The number of alkyl halides is 1. The Kier molecular flexibility index (Phi) is 4.70. The van der Waals surface area contributed by atoms with Gasteiger partial charge in [0.2, 0.25) is 0 Å². The van der Waals surface area contributed by atoms with Crippen molar-refractivity contribution in [3.8, 4) is 0 Å². The summed E-state index contributed by atoms with van der Waals surface area (Å²) in [6.07, 6.45) is 3.57. The highest BCUT2D eigenvalue weighted by Crippen LogP contribution is 2.28. The number of carbonyl (C=O) groups excluding carboxylic acids is 1. The first-order valence-corrected chi connectivity index (χ1v) is 7.61. The normalized spacial score (nSPS) is 17.4. The first-order chi connectivity index (χ1) is 9.47. The Hall–Kier alpha value is -1.07. The molecule has 1 heterocycles. The lowest BCUT2D eigenvalue weighted by atomic mass is 10.0. The van der Waals surface area contributed by atoms with Gasteiger partial charge in [0.1, 0.15) is 0 Å². The smallest absolute Gasteiger partial charge is 0.255 e. The van der Waals surface area contributed by atoms with Crippen LogP contribution in [0.15, 0.2) is 0 Å². The van der Waals surface area contributed by atoms with Gasteiger partial charge in [-0.15, -0.1) is 11.6 Å². The fourth-order valence-electron chi connectivity index (χ4n) is 2.87. The van der Waals surface area contributed by atoms with Crippen LogP contribution in [0, 0.1) is 13.8 Å². The van der Waals surface area contributed by atoms with Gasteiger partial charge in [-0.1, -0.05) is 12.8 Å². The molecule has 0 spiro atoms. The Morgan fingerprint density at radius 2 is 2.10 bits per heavy atom. The molecule has 0 aromatic carbocycles. The van der Waals surface area contributed by atoms with Crippen LogP contribution in [0.4, 0.5) is 0 Å². The third kappa shape index (κ3) is 3.15. The highest BCUT2D eigenvalue weighted by Gasteiger charge is 2.32. The average molecular weight is 300 g/mol. The van der Waals surface area contributed by atoms with E-state index in [2.05, 4.69) is 10.4 Å². The quantitative estimate of drug-likeness (QED) is 0.814. The summed E-state index contributed by atoms with van der Waals surface area (Å²) in [6.45, 7) is 4.58. The number of carbonyl (C=O) groups is 1. The van der Waals surface area contributed by atoms with Gasteiger partial charge in [-0.25, -0.2) is 0 Å². The van der Waals surface area contributed by atoms with E-state index in [4.69, 9.17) is 11.6 Å². The molecule has 0 unspecified atom stereocenters. The zero-order valence-corrected chi connectivity index (χ0v) is 12.8. The summed E-state index contributed by atoms with van der Waals surface area (Å²) < 4.78 is 1.75. The lowest BCUT2D eigenvalue weighted by Crippen LogP contribution is -2.41. The summed E-state index contributed by atoms with van der Waals surface area (Å²) in [7, 11) is 0. The second-order valence-corrected chi connectivity index (χ2v) is 5.95. The average Bonchev–Trinajstić information content (AvgIpc) is 2.94. The molecular weight excluding hydrogens is 278 g/mol. The molecule has 0 radical (unpaired) electrons. The molecule has 6 heteroatoms. The molecule has 1 fully saturated rings. The molecule has 20 heavy (non-hydrogen) atoms. The van der Waals surface area contributed by atoms with Gasteiger partial charge in [-0.05, 0) is 26.7 Å². The minimum atomic E-state index is -0.733. The second-order valence-electron chi connectivity index (χ2n) is 5.57. The maximum Gasteiger partial charge on any atom is 0.255 e. The fraction of sp³-hybridized carbons (Fsp3) is 0.714. The van der Waals surface area contributed by atoms with Gasteiger partial charge in [0.15, 0.2) is 0 Å². The zero-order valence-electron chi connectivity index (χ0n) is 12.1. The van der Waals surface area contributed by atoms with E-state index in [1.165, 1.54) is 0 Å². The molecule has 0 saturated heterocycles. The van der Waals surface area contributed by atoms with Crippen LogP contribution in [0.25, 0.3) is 0 Å². The zero-order chi connectivity index (χ0) is 14.8. The number of hydrogen-bond acceptors (Lipinski definition) is 3. The number of nitrogens with zero attached hydrogens (tertiary/aromatic N) is 2. The van der Waals surface area contributed by atoms with Crippen LogP contribution >= 0.6 is 11.6 Å². The van der Waals surface area contributed by atoms with Crippen LogP contribution in [-0.2, 0) is 6.54 Å². The Morgan fingerprint density at radius 1 is 1.45 bits per heavy atom. The molecule has 0 bridgehead atoms. The summed E-state index contributed by atoms with van der Waals surface area (Å²) in [4.78, 5) is 12.3. The van der Waals surface area contributed by atoms with Gasteiger partial charge >= 0.3 is 0 Å². The lowest BCUT2D eigenvalue weighted by molar-refractivity contribution is 0.0449. The fourth-order valence-corrected chi connectivity index (χ4v) is 3.03. The predicted octanol–water partition coefficient (Wildman–Crippen LogP) is 1.77. The standard InChI is InChI=1S/C14H22ClN3O2/c1-10-12(11(2)18(17-10)8-7-15)13(19)16-9-14(20)5-3-4-6-14/h20H,3-9H2,1-2H3,(H,16,19). The monoisotopic (exact) mass is 299 g/mol. The Morgan fingerprint density at radius 3 is 2.70 bits per heavy atom. The van der Waals surface area contributed by atoms with Crippen molar-refractivity contribution in [2.45, 2.75) is 51.7 Å². The predicted molar refractivity (Wildman–Crippen MR) is 78.2 cm³/mol. The van der Waals surface area contributed by atoms with Gasteiger partial charge in [-0.3, -0.25) is 9.48 Å². The number of rotatable bonds is 5. The summed E-state index contributed by atoms with van der Waals surface area (Å²) >= 11 is 5.72. The van der Waals surface area contributed by atoms with Crippen LogP contribution in [0.5, 0.6) is 0 Å². The number of aryl methyl sites for hydroxylation is 2. The molecule has 2 N–H and O–H groups in total. The molecule has 1 saturated carbocycles. The van der Waals surface area contributed by atoms with Gasteiger partial charge in [0, 0.05) is 18.1 Å². The van der Waals surface area contributed by atoms with Crippen LogP contribution in [0.3, 0.4) is 0 Å². The Labute approximate surface area is 124 Å². The molecule has 1 amide bonds. The van der Waals surface area contributed by atoms with Crippen molar-refractivity contribution in [1.29, 1.82) is 0 Å². The summed E-state index contributed by atoms with van der Waals surface area (Å²) in [5.74, 6) is 0.295. The number of aliphatic hydroxyl groups is 1. The number of amides is 1. The number of aromatic nitrogens is 2.